The molecule has 2 saturated heterocycles. The van der Waals surface area contributed by atoms with E-state index in [1.165, 1.54) is 0 Å². The van der Waals surface area contributed by atoms with E-state index in [4.69, 9.17) is 28.1 Å². The lowest BCUT2D eigenvalue weighted by Crippen LogP contribution is -2.57. The standard InChI is InChI=1S/C36H41BrO11/c1-17-18-10-11-20-21(22(18)43-25(38)19(17)16-37)23(44-28(41)35-14-12-33(8,26(39)47-35)31(35,4)5)24(30(2,3)46-20)45-29(42)36-15-13-34(9,27(40)48-36)32(36,6)7/h10-11,23-24H,12-16H2,1-9H3/t23-,24-,33+,34+,35-,36-/m1/s1. The Kier molecular flexibility index (Phi) is 6.64. The minimum Gasteiger partial charge on any atom is -0.483 e. The minimum absolute atomic E-state index is 0.115. The van der Waals surface area contributed by atoms with Crippen molar-refractivity contribution in [3.8, 4) is 5.75 Å². The van der Waals surface area contributed by atoms with Gasteiger partial charge in [0.2, 0.25) is 11.2 Å². The molecule has 0 radical (unpaired) electrons. The fourth-order valence-corrected chi connectivity index (χ4v) is 9.63. The summed E-state index contributed by atoms with van der Waals surface area (Å²) in [5, 5.41) is 0.834. The second-order valence-electron chi connectivity index (χ2n) is 16.2. The van der Waals surface area contributed by atoms with Crippen molar-refractivity contribution in [3.05, 3.63) is 39.2 Å². The molecule has 0 spiro atoms. The van der Waals surface area contributed by atoms with Gasteiger partial charge in [-0.1, -0.05) is 43.6 Å². The quantitative estimate of drug-likeness (QED) is 0.157. The van der Waals surface area contributed by atoms with Gasteiger partial charge in [-0.25, -0.2) is 14.4 Å². The summed E-state index contributed by atoms with van der Waals surface area (Å²) in [6.07, 6.45) is -1.32. The number of carbonyl (C=O) groups is 4. The third-order valence-corrected chi connectivity index (χ3v) is 14.1. The molecule has 4 fully saturated rings. The summed E-state index contributed by atoms with van der Waals surface area (Å²) in [5.41, 5.74) is -7.30. The van der Waals surface area contributed by atoms with Crippen LogP contribution < -0.4 is 10.4 Å². The number of fused-ring (bicyclic) bond motifs is 7. The summed E-state index contributed by atoms with van der Waals surface area (Å²) in [7, 11) is 0. The van der Waals surface area contributed by atoms with Crippen LogP contribution in [0.25, 0.3) is 11.0 Å². The van der Waals surface area contributed by atoms with Crippen molar-refractivity contribution in [2.24, 2.45) is 21.7 Å². The molecule has 12 heteroatoms. The minimum atomic E-state index is -1.60. The lowest BCUT2D eigenvalue weighted by atomic mass is 9.66. The maximum atomic E-state index is 14.5. The van der Waals surface area contributed by atoms with Crippen molar-refractivity contribution in [2.75, 3.05) is 0 Å². The molecule has 5 aliphatic rings. The summed E-state index contributed by atoms with van der Waals surface area (Å²) in [5.74, 6) is -2.27. The lowest BCUT2D eigenvalue weighted by Gasteiger charge is -2.45. The average Bonchev–Trinajstić information content (AvgIpc) is 3.46. The van der Waals surface area contributed by atoms with Crippen LogP contribution in [-0.4, -0.2) is 46.8 Å². The van der Waals surface area contributed by atoms with E-state index in [1.807, 2.05) is 27.7 Å². The summed E-state index contributed by atoms with van der Waals surface area (Å²) in [4.78, 5) is 68.3. The summed E-state index contributed by atoms with van der Waals surface area (Å²) < 4.78 is 36.8. The number of ether oxygens (including phenoxy) is 5. The van der Waals surface area contributed by atoms with E-state index in [1.54, 1.807) is 46.8 Å². The van der Waals surface area contributed by atoms with Crippen molar-refractivity contribution in [3.63, 3.8) is 0 Å². The van der Waals surface area contributed by atoms with Crippen LogP contribution in [0.3, 0.4) is 0 Å². The smallest absolute Gasteiger partial charge is 0.351 e. The third kappa shape index (κ3) is 3.62. The number of halogens is 1. The van der Waals surface area contributed by atoms with Gasteiger partial charge in [-0.2, -0.15) is 0 Å². The van der Waals surface area contributed by atoms with E-state index in [-0.39, 0.29) is 35.1 Å². The third-order valence-electron chi connectivity index (χ3n) is 13.5. The second kappa shape index (κ2) is 9.63. The number of hydrogen-bond donors (Lipinski definition) is 0. The van der Waals surface area contributed by atoms with Crippen LogP contribution in [0.5, 0.6) is 5.75 Å². The molecule has 11 nitrogen and oxygen atoms in total. The lowest BCUT2D eigenvalue weighted by molar-refractivity contribution is -0.217. The van der Waals surface area contributed by atoms with Crippen molar-refractivity contribution >= 4 is 50.8 Å². The SMILES string of the molecule is Cc1c(CBr)c(=O)oc2c3c(ccc12)OC(C)(C)[C@H](OC(=O)[C@@]12CC[C@@](C)(C(=O)O1)C2(C)C)[C@@H]3OC(=O)[C@@]12CC[C@@](C)(C(=O)O1)C2(C)C. The first-order valence-corrected chi connectivity index (χ1v) is 17.5. The molecule has 0 amide bonds. The molecule has 6 atom stereocenters. The zero-order chi connectivity index (χ0) is 35.2. The number of rotatable bonds is 5. The highest BCUT2D eigenvalue weighted by Gasteiger charge is 2.78. The summed E-state index contributed by atoms with van der Waals surface area (Å²) in [6.45, 7) is 16.0. The molecule has 2 aliphatic carbocycles. The maximum absolute atomic E-state index is 14.5. The van der Waals surface area contributed by atoms with E-state index in [9.17, 15) is 24.0 Å². The Morgan fingerprint density at radius 2 is 1.31 bits per heavy atom. The van der Waals surface area contributed by atoms with Crippen LogP contribution in [0.15, 0.2) is 21.3 Å². The number of aryl methyl sites for hydroxylation is 1. The first-order valence-electron chi connectivity index (χ1n) is 16.4. The molecule has 7 rings (SSSR count). The molecule has 2 saturated carbocycles. The zero-order valence-electron chi connectivity index (χ0n) is 28.7. The van der Waals surface area contributed by atoms with Crippen molar-refractivity contribution < 1.29 is 47.3 Å². The Balaban J connectivity index is 1.39. The number of carbonyl (C=O) groups excluding carboxylic acids is 4. The van der Waals surface area contributed by atoms with Gasteiger partial charge in [-0.15, -0.1) is 0 Å². The normalized spacial score (nSPS) is 36.3. The fourth-order valence-electron chi connectivity index (χ4n) is 8.98. The largest absolute Gasteiger partial charge is 0.483 e. The number of hydrogen-bond acceptors (Lipinski definition) is 11. The highest BCUT2D eigenvalue weighted by Crippen LogP contribution is 2.67. The van der Waals surface area contributed by atoms with Gasteiger partial charge in [0.1, 0.15) is 16.9 Å². The Morgan fingerprint density at radius 3 is 1.77 bits per heavy atom. The number of alkyl halides is 1. The van der Waals surface area contributed by atoms with Crippen LogP contribution in [-0.2, 0) is 43.5 Å². The van der Waals surface area contributed by atoms with Crippen LogP contribution in [0.1, 0.15) is 104 Å². The first-order chi connectivity index (χ1) is 22.2. The van der Waals surface area contributed by atoms with Gasteiger partial charge >= 0.3 is 29.5 Å². The molecular weight excluding hydrogens is 688 g/mol. The maximum Gasteiger partial charge on any atom is 0.351 e. The van der Waals surface area contributed by atoms with Crippen LogP contribution in [0, 0.1) is 28.6 Å². The second-order valence-corrected chi connectivity index (χ2v) is 16.7. The number of esters is 4. The Labute approximate surface area is 286 Å². The molecule has 2 aromatic rings. The molecule has 48 heavy (non-hydrogen) atoms. The molecule has 1 aromatic heterocycles. The zero-order valence-corrected chi connectivity index (χ0v) is 30.3. The van der Waals surface area contributed by atoms with E-state index >= 15 is 0 Å². The molecular formula is C36H41BrO11. The predicted octanol–water partition coefficient (Wildman–Crippen LogP) is 5.91. The van der Waals surface area contributed by atoms with E-state index in [2.05, 4.69) is 15.9 Å². The monoisotopic (exact) mass is 728 g/mol. The van der Waals surface area contributed by atoms with Gasteiger partial charge in [0.25, 0.3) is 0 Å². The van der Waals surface area contributed by atoms with Crippen molar-refractivity contribution in [1.82, 2.24) is 0 Å². The molecule has 4 heterocycles. The van der Waals surface area contributed by atoms with Crippen molar-refractivity contribution in [1.29, 1.82) is 0 Å². The predicted molar refractivity (Wildman–Crippen MR) is 173 cm³/mol. The highest BCUT2D eigenvalue weighted by molar-refractivity contribution is 9.08. The topological polar surface area (TPSA) is 145 Å². The highest BCUT2D eigenvalue weighted by atomic mass is 79.9. The van der Waals surface area contributed by atoms with Gasteiger partial charge in [0, 0.05) is 21.5 Å². The molecule has 258 valence electrons. The van der Waals surface area contributed by atoms with Gasteiger partial charge in [-0.05, 0) is 78.0 Å². The molecule has 1 aromatic carbocycles. The van der Waals surface area contributed by atoms with Gasteiger partial charge < -0.3 is 28.1 Å². The van der Waals surface area contributed by atoms with E-state index < -0.39 is 80.2 Å². The van der Waals surface area contributed by atoms with E-state index in [0.717, 1.165) is 0 Å². The first kappa shape index (κ1) is 33.1. The van der Waals surface area contributed by atoms with Gasteiger partial charge in [0.15, 0.2) is 12.2 Å². The van der Waals surface area contributed by atoms with Gasteiger partial charge in [0.05, 0.1) is 22.0 Å². The van der Waals surface area contributed by atoms with Crippen molar-refractivity contribution in [2.45, 2.75) is 122 Å². The fraction of sp³-hybridized carbons (Fsp3) is 0.639. The molecule has 0 unspecified atom stereocenters. The number of benzene rings is 1. The molecule has 4 bridgehead atoms. The van der Waals surface area contributed by atoms with Gasteiger partial charge in [-0.3, -0.25) is 9.59 Å². The van der Waals surface area contributed by atoms with E-state index in [0.29, 0.717) is 29.4 Å². The van der Waals surface area contributed by atoms with Crippen LogP contribution in [0.2, 0.25) is 0 Å². The Morgan fingerprint density at radius 1 is 0.792 bits per heavy atom. The Bertz CT molecular complexity index is 1910. The summed E-state index contributed by atoms with van der Waals surface area (Å²) >= 11 is 3.37. The average molecular weight is 730 g/mol. The molecule has 0 N–H and O–H groups in total. The van der Waals surface area contributed by atoms with Crippen LogP contribution in [0.4, 0.5) is 0 Å². The summed E-state index contributed by atoms with van der Waals surface area (Å²) in [6, 6.07) is 3.47. The van der Waals surface area contributed by atoms with Crippen LogP contribution >= 0.6 is 15.9 Å². The molecule has 3 aliphatic heterocycles. The Hall–Kier alpha value is -3.41.